The van der Waals surface area contributed by atoms with E-state index in [4.69, 9.17) is 0 Å². The Bertz CT molecular complexity index is 759. The van der Waals surface area contributed by atoms with Crippen molar-refractivity contribution in [3.8, 4) is 0 Å². The fourth-order valence-electron chi connectivity index (χ4n) is 3.25. The Kier molecular flexibility index (Phi) is 4.44. The van der Waals surface area contributed by atoms with Crippen molar-refractivity contribution in [2.75, 3.05) is 12.8 Å². The van der Waals surface area contributed by atoms with Crippen molar-refractivity contribution < 1.29 is 9.18 Å². The zero-order chi connectivity index (χ0) is 16.6. The molecular formula is C19H20FNOS. The van der Waals surface area contributed by atoms with E-state index in [2.05, 4.69) is 0 Å². The van der Waals surface area contributed by atoms with Crippen LogP contribution >= 0.6 is 11.8 Å². The Hall–Kier alpha value is -1.81. The normalized spacial score (nSPS) is 17.0. The molecule has 0 aliphatic carbocycles. The fourth-order valence-corrected chi connectivity index (χ4v) is 3.69. The van der Waals surface area contributed by atoms with E-state index < -0.39 is 0 Å². The molecule has 0 aromatic heterocycles. The topological polar surface area (TPSA) is 20.3 Å². The van der Waals surface area contributed by atoms with Gasteiger partial charge >= 0.3 is 0 Å². The number of nitrogens with zero attached hydrogens (tertiary/aromatic N) is 1. The maximum Gasteiger partial charge on any atom is 0.254 e. The number of thioether (sulfide) groups is 1. The van der Waals surface area contributed by atoms with Crippen molar-refractivity contribution in [1.29, 1.82) is 0 Å². The van der Waals surface area contributed by atoms with E-state index in [9.17, 15) is 9.18 Å². The van der Waals surface area contributed by atoms with E-state index in [1.165, 1.54) is 6.07 Å². The molecule has 0 fully saturated rings. The minimum absolute atomic E-state index is 0.0141. The van der Waals surface area contributed by atoms with E-state index >= 15 is 0 Å². The van der Waals surface area contributed by atoms with Crippen molar-refractivity contribution in [2.45, 2.75) is 31.2 Å². The molecule has 2 aromatic carbocycles. The van der Waals surface area contributed by atoms with Gasteiger partial charge in [-0.2, -0.15) is 0 Å². The summed E-state index contributed by atoms with van der Waals surface area (Å²) in [7, 11) is 0. The average molecular weight is 329 g/mol. The lowest BCUT2D eigenvalue weighted by Gasteiger charge is -2.36. The molecule has 4 heteroatoms. The highest BCUT2D eigenvalue weighted by Crippen LogP contribution is 2.33. The van der Waals surface area contributed by atoms with Crippen LogP contribution in [0.25, 0.3) is 0 Å². The molecule has 2 nitrogen and oxygen atoms in total. The molecule has 120 valence electrons. The number of hydrogen-bond acceptors (Lipinski definition) is 2. The van der Waals surface area contributed by atoms with Crippen LogP contribution in [0.1, 0.15) is 40.0 Å². The van der Waals surface area contributed by atoms with E-state index in [0.717, 1.165) is 16.0 Å². The number of aryl methyl sites for hydroxylation is 1. The van der Waals surface area contributed by atoms with Crippen LogP contribution in [0.4, 0.5) is 4.39 Å². The van der Waals surface area contributed by atoms with Gasteiger partial charge in [-0.15, -0.1) is 11.8 Å². The highest BCUT2D eigenvalue weighted by atomic mass is 32.2. The highest BCUT2D eigenvalue weighted by molar-refractivity contribution is 7.98. The average Bonchev–Trinajstić information content (AvgIpc) is 2.55. The Balaban J connectivity index is 1.97. The van der Waals surface area contributed by atoms with E-state index in [1.807, 2.05) is 44.4 Å². The third-order valence-electron chi connectivity index (χ3n) is 4.59. The van der Waals surface area contributed by atoms with Crippen molar-refractivity contribution in [2.24, 2.45) is 0 Å². The van der Waals surface area contributed by atoms with Crippen molar-refractivity contribution >= 4 is 17.7 Å². The molecule has 0 saturated heterocycles. The maximum absolute atomic E-state index is 14.2. The Morgan fingerprint density at radius 2 is 2.09 bits per heavy atom. The summed E-state index contributed by atoms with van der Waals surface area (Å²) < 4.78 is 14.2. The largest absolute Gasteiger partial charge is 0.331 e. The standard InChI is InChI=1S/C19H20FNOS/c1-12-7-8-15(23-3)11-16(12)19(22)21-10-9-14-5-4-6-17(20)18(14)13(21)2/h4-8,11,13H,9-10H2,1-3H3. The number of benzene rings is 2. The SMILES string of the molecule is CSc1ccc(C)c(C(=O)N2CCc3cccc(F)c3C2C)c1. The molecule has 1 heterocycles. The van der Waals surface area contributed by atoms with Crippen molar-refractivity contribution in [1.82, 2.24) is 4.90 Å². The first-order valence-corrected chi connectivity index (χ1v) is 8.98. The molecule has 3 rings (SSSR count). The summed E-state index contributed by atoms with van der Waals surface area (Å²) >= 11 is 1.62. The van der Waals surface area contributed by atoms with Gasteiger partial charge in [-0.05, 0) is 55.9 Å². The number of hydrogen-bond donors (Lipinski definition) is 0. The third-order valence-corrected chi connectivity index (χ3v) is 5.31. The first-order chi connectivity index (χ1) is 11.0. The van der Waals surface area contributed by atoms with Crippen LogP contribution in [-0.4, -0.2) is 23.6 Å². The second-order valence-corrected chi connectivity index (χ2v) is 6.80. The van der Waals surface area contributed by atoms with Crippen molar-refractivity contribution in [3.05, 3.63) is 64.5 Å². The number of amides is 1. The Labute approximate surface area is 140 Å². The van der Waals surface area contributed by atoms with Crippen LogP contribution in [0.5, 0.6) is 0 Å². The molecule has 0 N–H and O–H groups in total. The number of carbonyl (C=O) groups is 1. The summed E-state index contributed by atoms with van der Waals surface area (Å²) in [6.07, 6.45) is 2.69. The molecule has 1 aliphatic rings. The van der Waals surface area contributed by atoms with Gasteiger partial charge in [0.25, 0.3) is 5.91 Å². The highest BCUT2D eigenvalue weighted by Gasteiger charge is 2.30. The summed E-state index contributed by atoms with van der Waals surface area (Å²) in [5.74, 6) is -0.234. The third kappa shape index (κ3) is 2.88. The molecule has 0 bridgehead atoms. The first-order valence-electron chi connectivity index (χ1n) is 7.76. The lowest BCUT2D eigenvalue weighted by molar-refractivity contribution is 0.0673. The minimum Gasteiger partial charge on any atom is -0.331 e. The van der Waals surface area contributed by atoms with Crippen molar-refractivity contribution in [3.63, 3.8) is 0 Å². The summed E-state index contributed by atoms with van der Waals surface area (Å²) in [4.78, 5) is 15.9. The van der Waals surface area contributed by atoms with Gasteiger partial charge in [0.2, 0.25) is 0 Å². The zero-order valence-electron chi connectivity index (χ0n) is 13.6. The summed E-state index contributed by atoms with van der Waals surface area (Å²) in [6, 6.07) is 10.9. The van der Waals surface area contributed by atoms with Crippen LogP contribution in [0.3, 0.4) is 0 Å². The molecular weight excluding hydrogens is 309 g/mol. The van der Waals surface area contributed by atoms with Gasteiger partial charge < -0.3 is 4.90 Å². The van der Waals surface area contributed by atoms with Gasteiger partial charge in [0.1, 0.15) is 5.82 Å². The molecule has 0 radical (unpaired) electrons. The lowest BCUT2D eigenvalue weighted by atomic mass is 9.92. The zero-order valence-corrected chi connectivity index (χ0v) is 14.4. The van der Waals surface area contributed by atoms with E-state index in [1.54, 1.807) is 22.7 Å². The minimum atomic E-state index is -0.246. The second-order valence-electron chi connectivity index (χ2n) is 5.92. The van der Waals surface area contributed by atoms with Gasteiger partial charge in [-0.3, -0.25) is 4.79 Å². The second kappa shape index (κ2) is 6.36. The molecule has 2 aromatic rings. The van der Waals surface area contributed by atoms with Gasteiger partial charge in [-0.25, -0.2) is 4.39 Å². The quantitative estimate of drug-likeness (QED) is 0.750. The summed E-state index contributed by atoms with van der Waals surface area (Å²) in [5.41, 5.74) is 3.34. The Morgan fingerprint density at radius 3 is 2.83 bits per heavy atom. The van der Waals surface area contributed by atoms with Gasteiger partial charge in [0.05, 0.1) is 6.04 Å². The van der Waals surface area contributed by atoms with Gasteiger partial charge in [-0.1, -0.05) is 18.2 Å². The molecule has 0 spiro atoms. The van der Waals surface area contributed by atoms with Crippen LogP contribution in [-0.2, 0) is 6.42 Å². The lowest BCUT2D eigenvalue weighted by Crippen LogP contribution is -2.39. The fraction of sp³-hybridized carbons (Fsp3) is 0.316. The summed E-state index contributed by atoms with van der Waals surface area (Å²) in [5, 5.41) is 0. The number of rotatable bonds is 2. The first kappa shape index (κ1) is 16.1. The van der Waals surface area contributed by atoms with E-state index in [-0.39, 0.29) is 17.8 Å². The molecule has 0 saturated carbocycles. The molecule has 1 aliphatic heterocycles. The molecule has 1 atom stereocenters. The van der Waals surface area contributed by atoms with E-state index in [0.29, 0.717) is 24.1 Å². The molecule has 1 unspecified atom stereocenters. The number of halogens is 1. The molecule has 23 heavy (non-hydrogen) atoms. The maximum atomic E-state index is 14.2. The number of fused-ring (bicyclic) bond motifs is 1. The van der Waals surface area contributed by atoms with Gasteiger partial charge in [0.15, 0.2) is 0 Å². The smallest absolute Gasteiger partial charge is 0.254 e. The predicted molar refractivity (Wildman–Crippen MR) is 92.5 cm³/mol. The molecule has 1 amide bonds. The van der Waals surface area contributed by atoms with Crippen LogP contribution < -0.4 is 0 Å². The van der Waals surface area contributed by atoms with Crippen LogP contribution in [0.2, 0.25) is 0 Å². The predicted octanol–water partition coefficient (Wildman–Crippen LogP) is 4.62. The van der Waals surface area contributed by atoms with Crippen LogP contribution in [0, 0.1) is 12.7 Å². The number of carbonyl (C=O) groups excluding carboxylic acids is 1. The monoisotopic (exact) mass is 329 g/mol. The Morgan fingerprint density at radius 1 is 1.30 bits per heavy atom. The summed E-state index contributed by atoms with van der Waals surface area (Å²) in [6.45, 7) is 4.48. The van der Waals surface area contributed by atoms with Gasteiger partial charge in [0, 0.05) is 22.6 Å². The van der Waals surface area contributed by atoms with Crippen LogP contribution in [0.15, 0.2) is 41.3 Å².